The zero-order valence-corrected chi connectivity index (χ0v) is 15.1. The highest BCUT2D eigenvalue weighted by atomic mass is 32.1. The molecule has 0 spiro atoms. The Bertz CT molecular complexity index is 1070. The molecule has 5 rings (SSSR count). The summed E-state index contributed by atoms with van der Waals surface area (Å²) in [7, 11) is 0. The van der Waals surface area contributed by atoms with Crippen LogP contribution in [0.25, 0.3) is 11.0 Å². The number of benzene rings is 1. The summed E-state index contributed by atoms with van der Waals surface area (Å²) in [4.78, 5) is 26.3. The molecule has 0 unspecified atom stereocenters. The van der Waals surface area contributed by atoms with Gasteiger partial charge in [-0.15, -0.1) is 11.3 Å². The van der Waals surface area contributed by atoms with Gasteiger partial charge in [0.1, 0.15) is 17.1 Å². The zero-order chi connectivity index (χ0) is 17.7. The quantitative estimate of drug-likeness (QED) is 0.515. The molecule has 0 saturated heterocycles. The number of fused-ring (bicyclic) bond motifs is 3. The Labute approximate surface area is 154 Å². The Morgan fingerprint density at radius 1 is 1.00 bits per heavy atom. The minimum Gasteiger partial charge on any atom is -0.457 e. The molecule has 0 bridgehead atoms. The van der Waals surface area contributed by atoms with E-state index in [0.717, 1.165) is 37.5 Å². The van der Waals surface area contributed by atoms with Gasteiger partial charge in [0.25, 0.3) is 0 Å². The third-order valence-electron chi connectivity index (χ3n) is 5.35. The van der Waals surface area contributed by atoms with Gasteiger partial charge in [0.15, 0.2) is 0 Å². The SMILES string of the molecule is O=C(OCc1cc(=O)oc2cc3c(cc12)CCC3)c1cc2c(s1)CCC2. The van der Waals surface area contributed by atoms with Gasteiger partial charge in [-0.25, -0.2) is 9.59 Å². The molecule has 1 aromatic carbocycles. The molecule has 0 aliphatic heterocycles. The second kappa shape index (κ2) is 6.09. The number of ether oxygens (including phenoxy) is 1. The minimum absolute atomic E-state index is 0.0856. The van der Waals surface area contributed by atoms with Crippen LogP contribution in [-0.2, 0) is 37.0 Å². The lowest BCUT2D eigenvalue weighted by atomic mass is 10.0. The van der Waals surface area contributed by atoms with Gasteiger partial charge in [0, 0.05) is 21.9 Å². The van der Waals surface area contributed by atoms with Crippen molar-refractivity contribution in [3.63, 3.8) is 0 Å². The molecule has 2 aliphatic rings. The molecule has 0 saturated carbocycles. The first kappa shape index (κ1) is 15.8. The molecule has 5 heteroatoms. The van der Waals surface area contributed by atoms with Crippen LogP contribution < -0.4 is 5.63 Å². The van der Waals surface area contributed by atoms with Crippen molar-refractivity contribution < 1.29 is 13.9 Å². The van der Waals surface area contributed by atoms with Crippen LogP contribution in [-0.4, -0.2) is 5.97 Å². The fourth-order valence-corrected chi connectivity index (χ4v) is 5.21. The first-order chi connectivity index (χ1) is 12.7. The lowest BCUT2D eigenvalue weighted by Gasteiger charge is -2.08. The average molecular weight is 366 g/mol. The van der Waals surface area contributed by atoms with E-state index >= 15 is 0 Å². The van der Waals surface area contributed by atoms with Crippen molar-refractivity contribution in [3.05, 3.63) is 66.7 Å². The number of carbonyl (C=O) groups excluding carboxylic acids is 1. The van der Waals surface area contributed by atoms with Crippen LogP contribution in [0.4, 0.5) is 0 Å². The topological polar surface area (TPSA) is 56.5 Å². The summed E-state index contributed by atoms with van der Waals surface area (Å²) >= 11 is 1.53. The van der Waals surface area contributed by atoms with Gasteiger partial charge in [-0.05, 0) is 73.4 Å². The number of hydrogen-bond donors (Lipinski definition) is 0. The molecular formula is C21H18O4S. The fourth-order valence-electron chi connectivity index (χ4n) is 4.06. The maximum atomic E-state index is 12.4. The fraction of sp³-hybridized carbons (Fsp3) is 0.333. The maximum absolute atomic E-state index is 12.4. The molecule has 2 aromatic heterocycles. The van der Waals surface area contributed by atoms with Crippen LogP contribution in [0.15, 0.2) is 33.5 Å². The summed E-state index contributed by atoms with van der Waals surface area (Å²) < 4.78 is 10.9. The van der Waals surface area contributed by atoms with Gasteiger partial charge < -0.3 is 9.15 Å². The van der Waals surface area contributed by atoms with E-state index in [1.165, 1.54) is 45.4 Å². The smallest absolute Gasteiger partial charge is 0.348 e. The van der Waals surface area contributed by atoms with Crippen molar-refractivity contribution >= 4 is 28.3 Å². The molecular weight excluding hydrogens is 348 g/mol. The molecule has 0 radical (unpaired) electrons. The molecule has 3 aromatic rings. The van der Waals surface area contributed by atoms with Crippen molar-refractivity contribution in [2.24, 2.45) is 0 Å². The summed E-state index contributed by atoms with van der Waals surface area (Å²) in [5.74, 6) is -0.313. The molecule has 2 heterocycles. The summed E-state index contributed by atoms with van der Waals surface area (Å²) in [5, 5.41) is 0.867. The largest absolute Gasteiger partial charge is 0.457 e. The number of rotatable bonds is 3. The van der Waals surface area contributed by atoms with E-state index in [4.69, 9.17) is 9.15 Å². The maximum Gasteiger partial charge on any atom is 0.348 e. The highest BCUT2D eigenvalue weighted by Crippen LogP contribution is 2.32. The zero-order valence-electron chi connectivity index (χ0n) is 14.3. The monoisotopic (exact) mass is 366 g/mol. The Morgan fingerprint density at radius 2 is 1.77 bits per heavy atom. The van der Waals surface area contributed by atoms with E-state index in [0.29, 0.717) is 16.0 Å². The van der Waals surface area contributed by atoms with Gasteiger partial charge in [0.2, 0.25) is 0 Å². The number of carbonyl (C=O) groups is 1. The summed E-state index contributed by atoms with van der Waals surface area (Å²) in [6.45, 7) is 0.0856. The van der Waals surface area contributed by atoms with E-state index in [1.807, 2.05) is 12.1 Å². The van der Waals surface area contributed by atoms with Gasteiger partial charge >= 0.3 is 11.6 Å². The number of aryl methyl sites for hydroxylation is 4. The Morgan fingerprint density at radius 3 is 2.62 bits per heavy atom. The highest BCUT2D eigenvalue weighted by molar-refractivity contribution is 7.14. The third-order valence-corrected chi connectivity index (χ3v) is 6.57. The average Bonchev–Trinajstić information content (AvgIpc) is 3.32. The van der Waals surface area contributed by atoms with Gasteiger partial charge in [-0.2, -0.15) is 0 Å². The van der Waals surface area contributed by atoms with Crippen LogP contribution in [0.2, 0.25) is 0 Å². The Balaban J connectivity index is 1.43. The van der Waals surface area contributed by atoms with E-state index in [-0.39, 0.29) is 12.6 Å². The highest BCUT2D eigenvalue weighted by Gasteiger charge is 2.20. The van der Waals surface area contributed by atoms with Crippen molar-refractivity contribution in [3.8, 4) is 0 Å². The van der Waals surface area contributed by atoms with Gasteiger partial charge in [-0.1, -0.05) is 0 Å². The normalized spacial score (nSPS) is 15.2. The minimum atomic E-state index is -0.406. The second-order valence-corrected chi connectivity index (χ2v) is 8.19. The molecule has 0 amide bonds. The van der Waals surface area contributed by atoms with Crippen molar-refractivity contribution in [2.45, 2.75) is 45.1 Å². The van der Waals surface area contributed by atoms with Crippen LogP contribution in [0.1, 0.15) is 49.6 Å². The molecule has 2 aliphatic carbocycles. The number of esters is 1. The summed E-state index contributed by atoms with van der Waals surface area (Å²) in [5.41, 5.74) is 4.72. The van der Waals surface area contributed by atoms with E-state index in [9.17, 15) is 9.59 Å². The Hall–Kier alpha value is -2.40. The third kappa shape index (κ3) is 2.67. The predicted octanol–water partition coefficient (Wildman–Crippen LogP) is 4.19. The van der Waals surface area contributed by atoms with Crippen LogP contribution >= 0.6 is 11.3 Å². The van der Waals surface area contributed by atoms with Crippen LogP contribution in [0.3, 0.4) is 0 Å². The molecule has 132 valence electrons. The summed E-state index contributed by atoms with van der Waals surface area (Å²) in [6.07, 6.45) is 6.48. The van der Waals surface area contributed by atoms with Crippen molar-refractivity contribution in [2.75, 3.05) is 0 Å². The predicted molar refractivity (Wildman–Crippen MR) is 100.0 cm³/mol. The Kier molecular flexibility index (Phi) is 3.71. The standard InChI is InChI=1S/C21H18O4S/c22-20-10-15(16-7-12-3-1-4-13(12)8-17(16)25-20)11-24-21(23)19-9-14-5-2-6-18(14)26-19/h7-10H,1-6,11H2. The molecule has 26 heavy (non-hydrogen) atoms. The molecule has 0 N–H and O–H groups in total. The van der Waals surface area contributed by atoms with Crippen molar-refractivity contribution in [1.29, 1.82) is 0 Å². The lowest BCUT2D eigenvalue weighted by Crippen LogP contribution is -2.07. The first-order valence-corrected chi connectivity index (χ1v) is 9.86. The van der Waals surface area contributed by atoms with Crippen LogP contribution in [0, 0.1) is 0 Å². The van der Waals surface area contributed by atoms with Crippen molar-refractivity contribution in [1.82, 2.24) is 0 Å². The van der Waals surface area contributed by atoms with Gasteiger partial charge in [-0.3, -0.25) is 0 Å². The molecule has 0 fully saturated rings. The lowest BCUT2D eigenvalue weighted by molar-refractivity contribution is 0.0479. The van der Waals surface area contributed by atoms with E-state index in [2.05, 4.69) is 6.07 Å². The first-order valence-electron chi connectivity index (χ1n) is 9.04. The van der Waals surface area contributed by atoms with E-state index < -0.39 is 5.63 Å². The molecule has 4 nitrogen and oxygen atoms in total. The number of hydrogen-bond acceptors (Lipinski definition) is 5. The summed E-state index contributed by atoms with van der Waals surface area (Å²) in [6, 6.07) is 7.45. The number of thiophene rings is 1. The van der Waals surface area contributed by atoms with Gasteiger partial charge in [0.05, 0.1) is 0 Å². The van der Waals surface area contributed by atoms with Crippen LogP contribution in [0.5, 0.6) is 0 Å². The molecule has 0 atom stereocenters. The van der Waals surface area contributed by atoms with E-state index in [1.54, 1.807) is 0 Å². The second-order valence-electron chi connectivity index (χ2n) is 7.05.